The van der Waals surface area contributed by atoms with Crippen LogP contribution >= 0.6 is 11.8 Å². The first-order valence-corrected chi connectivity index (χ1v) is 10.1. The van der Waals surface area contributed by atoms with E-state index in [0.29, 0.717) is 11.3 Å². The molecule has 0 fully saturated rings. The normalized spacial score (nSPS) is 12.5. The number of aryl methyl sites for hydroxylation is 1. The largest absolute Gasteiger partial charge is 0.433 e. The summed E-state index contributed by atoms with van der Waals surface area (Å²) in [4.78, 5) is 20.5. The highest BCUT2D eigenvalue weighted by Crippen LogP contribution is 2.33. The third-order valence-electron chi connectivity index (χ3n) is 4.58. The Hall–Kier alpha value is -2.87. The van der Waals surface area contributed by atoms with Crippen molar-refractivity contribution in [3.05, 3.63) is 71.4 Å². The van der Waals surface area contributed by atoms with Crippen molar-refractivity contribution in [2.75, 3.05) is 5.32 Å². The van der Waals surface area contributed by atoms with Crippen LogP contribution in [-0.2, 0) is 11.0 Å². The van der Waals surface area contributed by atoms with E-state index in [2.05, 4.69) is 15.3 Å². The third kappa shape index (κ3) is 5.18. The highest BCUT2D eigenvalue weighted by Gasteiger charge is 2.34. The van der Waals surface area contributed by atoms with Gasteiger partial charge in [0.25, 0.3) is 0 Å². The minimum absolute atomic E-state index is 0.104. The predicted octanol–water partition coefficient (Wildman–Crippen LogP) is 5.90. The number of aromatic nitrogens is 2. The number of halogens is 3. The highest BCUT2D eigenvalue weighted by atomic mass is 32.2. The Morgan fingerprint density at radius 2 is 1.73 bits per heavy atom. The minimum atomic E-state index is -4.62. The van der Waals surface area contributed by atoms with Gasteiger partial charge in [-0.2, -0.15) is 13.2 Å². The van der Waals surface area contributed by atoms with Crippen LogP contribution in [0, 0.1) is 13.8 Å². The third-order valence-corrected chi connectivity index (χ3v) is 5.54. The van der Waals surface area contributed by atoms with E-state index in [0.717, 1.165) is 29.0 Å². The molecule has 3 aromatic rings. The Morgan fingerprint density at radius 1 is 1.03 bits per heavy atom. The monoisotopic (exact) mass is 431 g/mol. The average Bonchev–Trinajstić information content (AvgIpc) is 2.71. The molecule has 3 rings (SSSR count). The highest BCUT2D eigenvalue weighted by molar-refractivity contribution is 8.00. The Bertz CT molecular complexity index is 1060. The summed E-state index contributed by atoms with van der Waals surface area (Å²) in [6, 6.07) is 15.0. The molecule has 1 atom stereocenters. The quantitative estimate of drug-likeness (QED) is 0.404. The Kier molecular flexibility index (Phi) is 6.45. The molecule has 0 aliphatic carbocycles. The fraction of sp³-hybridized carbons (Fsp3) is 0.227. The number of amides is 1. The van der Waals surface area contributed by atoms with Crippen LogP contribution in [0.15, 0.2) is 59.8 Å². The van der Waals surface area contributed by atoms with Gasteiger partial charge >= 0.3 is 6.18 Å². The maximum Gasteiger partial charge on any atom is 0.433 e. The van der Waals surface area contributed by atoms with Crippen molar-refractivity contribution in [3.8, 4) is 11.3 Å². The fourth-order valence-corrected chi connectivity index (χ4v) is 3.50. The number of benzene rings is 2. The minimum Gasteiger partial charge on any atom is -0.325 e. The van der Waals surface area contributed by atoms with Crippen LogP contribution in [0.1, 0.15) is 23.7 Å². The second kappa shape index (κ2) is 8.87. The first-order valence-electron chi connectivity index (χ1n) is 9.20. The van der Waals surface area contributed by atoms with E-state index in [1.54, 1.807) is 43.3 Å². The molecule has 0 spiro atoms. The number of rotatable bonds is 5. The molecule has 0 saturated heterocycles. The topological polar surface area (TPSA) is 54.9 Å². The van der Waals surface area contributed by atoms with Gasteiger partial charge in [0, 0.05) is 11.3 Å². The van der Waals surface area contributed by atoms with Crippen LogP contribution < -0.4 is 5.32 Å². The molecular formula is C22H20F3N3OS. The Labute approximate surface area is 177 Å². The maximum atomic E-state index is 13.4. The summed E-state index contributed by atoms with van der Waals surface area (Å²) in [5.41, 5.74) is 2.29. The lowest BCUT2D eigenvalue weighted by molar-refractivity contribution is -0.141. The van der Waals surface area contributed by atoms with E-state index in [1.807, 2.05) is 26.0 Å². The summed E-state index contributed by atoms with van der Waals surface area (Å²) >= 11 is 0.886. The zero-order valence-electron chi connectivity index (χ0n) is 16.6. The average molecular weight is 431 g/mol. The van der Waals surface area contributed by atoms with Gasteiger partial charge < -0.3 is 5.32 Å². The summed E-state index contributed by atoms with van der Waals surface area (Å²) in [7, 11) is 0. The van der Waals surface area contributed by atoms with Gasteiger partial charge in [0.2, 0.25) is 5.91 Å². The smallest absolute Gasteiger partial charge is 0.325 e. The molecule has 8 heteroatoms. The number of hydrogen-bond donors (Lipinski definition) is 1. The molecule has 1 heterocycles. The molecule has 0 bridgehead atoms. The van der Waals surface area contributed by atoms with Gasteiger partial charge in [-0.1, -0.05) is 54.2 Å². The number of thioether (sulfide) groups is 1. The number of anilines is 1. The van der Waals surface area contributed by atoms with Crippen molar-refractivity contribution >= 4 is 23.4 Å². The first-order chi connectivity index (χ1) is 14.1. The summed E-state index contributed by atoms with van der Waals surface area (Å²) < 4.78 is 40.1. The van der Waals surface area contributed by atoms with Gasteiger partial charge in [0.15, 0.2) is 5.16 Å². The van der Waals surface area contributed by atoms with Gasteiger partial charge in [-0.15, -0.1) is 0 Å². The van der Waals surface area contributed by atoms with Gasteiger partial charge in [-0.3, -0.25) is 4.79 Å². The Morgan fingerprint density at radius 3 is 2.40 bits per heavy atom. The number of hydrogen-bond acceptors (Lipinski definition) is 4. The molecule has 0 aliphatic heterocycles. The van der Waals surface area contributed by atoms with E-state index in [9.17, 15) is 18.0 Å². The summed E-state index contributed by atoms with van der Waals surface area (Å²) in [5, 5.41) is 2.02. The van der Waals surface area contributed by atoms with Crippen molar-refractivity contribution in [2.45, 2.75) is 37.4 Å². The van der Waals surface area contributed by atoms with Gasteiger partial charge in [-0.25, -0.2) is 9.97 Å². The number of nitrogens with one attached hydrogen (secondary N) is 1. The first kappa shape index (κ1) is 21.8. The SMILES string of the molecule is Cc1cccc(NC(=O)[C@@H](C)Sc2nc(-c3ccccc3)cc(C(F)(F)F)n2)c1C. The van der Waals surface area contributed by atoms with E-state index >= 15 is 0 Å². The molecule has 1 amide bonds. The molecule has 2 aromatic carbocycles. The predicted molar refractivity (Wildman–Crippen MR) is 112 cm³/mol. The van der Waals surface area contributed by atoms with E-state index in [1.165, 1.54) is 0 Å². The summed E-state index contributed by atoms with van der Waals surface area (Å²) in [5.74, 6) is -0.337. The number of carbonyl (C=O) groups excluding carboxylic acids is 1. The van der Waals surface area contributed by atoms with Gasteiger partial charge in [0.1, 0.15) is 5.69 Å². The lowest BCUT2D eigenvalue weighted by atomic mass is 10.1. The molecule has 1 aromatic heterocycles. The van der Waals surface area contributed by atoms with Crippen LogP contribution in [0.5, 0.6) is 0 Å². The zero-order valence-corrected chi connectivity index (χ0v) is 17.4. The van der Waals surface area contributed by atoms with E-state index in [-0.39, 0.29) is 16.8 Å². The fourth-order valence-electron chi connectivity index (χ4n) is 2.71. The van der Waals surface area contributed by atoms with Crippen LogP contribution in [0.25, 0.3) is 11.3 Å². The number of carbonyl (C=O) groups is 1. The standard InChI is InChI=1S/C22H20F3N3OS/c1-13-8-7-11-17(14(13)2)26-20(29)15(3)30-21-27-18(16-9-5-4-6-10-16)12-19(28-21)22(23,24)25/h4-12,15H,1-3H3,(H,26,29)/t15-/m1/s1. The van der Waals surface area contributed by atoms with Crippen LogP contribution in [0.2, 0.25) is 0 Å². The second-order valence-corrected chi connectivity index (χ2v) is 8.09. The lowest BCUT2D eigenvalue weighted by Gasteiger charge is -2.15. The van der Waals surface area contributed by atoms with E-state index < -0.39 is 17.1 Å². The number of nitrogens with zero attached hydrogens (tertiary/aromatic N) is 2. The van der Waals surface area contributed by atoms with Crippen LogP contribution in [0.4, 0.5) is 18.9 Å². The molecule has 1 N–H and O–H groups in total. The van der Waals surface area contributed by atoms with Gasteiger partial charge in [-0.05, 0) is 44.0 Å². The lowest BCUT2D eigenvalue weighted by Crippen LogP contribution is -2.23. The molecule has 4 nitrogen and oxygen atoms in total. The van der Waals surface area contributed by atoms with Crippen molar-refractivity contribution in [2.24, 2.45) is 0 Å². The summed E-state index contributed by atoms with van der Waals surface area (Å²) in [6.45, 7) is 5.44. The van der Waals surface area contributed by atoms with Crippen molar-refractivity contribution in [1.82, 2.24) is 9.97 Å². The van der Waals surface area contributed by atoms with E-state index in [4.69, 9.17) is 0 Å². The zero-order chi connectivity index (χ0) is 21.9. The number of alkyl halides is 3. The molecule has 0 radical (unpaired) electrons. The Balaban J connectivity index is 1.86. The second-order valence-electron chi connectivity index (χ2n) is 6.78. The molecule has 0 saturated carbocycles. The molecule has 30 heavy (non-hydrogen) atoms. The summed E-state index contributed by atoms with van der Waals surface area (Å²) in [6.07, 6.45) is -4.62. The van der Waals surface area contributed by atoms with Crippen molar-refractivity contribution < 1.29 is 18.0 Å². The molecular weight excluding hydrogens is 411 g/mol. The van der Waals surface area contributed by atoms with Crippen LogP contribution in [0.3, 0.4) is 0 Å². The van der Waals surface area contributed by atoms with Crippen molar-refractivity contribution in [3.63, 3.8) is 0 Å². The van der Waals surface area contributed by atoms with Crippen LogP contribution in [-0.4, -0.2) is 21.1 Å². The van der Waals surface area contributed by atoms with Gasteiger partial charge in [0.05, 0.1) is 10.9 Å². The molecule has 156 valence electrons. The maximum absolute atomic E-state index is 13.4. The molecule has 0 unspecified atom stereocenters. The molecule has 0 aliphatic rings. The van der Waals surface area contributed by atoms with Crippen molar-refractivity contribution in [1.29, 1.82) is 0 Å².